The zero-order chi connectivity index (χ0) is 16.2. The fraction of sp³-hybridized carbons (Fsp3) is 0.0833. The molecule has 114 valence electrons. The van der Waals surface area contributed by atoms with E-state index in [9.17, 15) is 5.26 Å². The van der Waals surface area contributed by atoms with Crippen LogP contribution in [0.25, 0.3) is 5.82 Å². The van der Waals surface area contributed by atoms with E-state index in [0.717, 1.165) is 0 Å². The van der Waals surface area contributed by atoms with Gasteiger partial charge in [-0.1, -0.05) is 11.3 Å². The molecule has 0 unspecified atom stereocenters. The molecule has 3 aromatic rings. The Bertz CT molecular complexity index is 888. The summed E-state index contributed by atoms with van der Waals surface area (Å²) in [4.78, 5) is 12.0. The second-order valence-electron chi connectivity index (χ2n) is 4.13. The lowest BCUT2D eigenvalue weighted by Gasteiger charge is -2.01. The maximum absolute atomic E-state index is 9.20. The minimum Gasteiger partial charge on any atom is -0.375 e. The fourth-order valence-electron chi connectivity index (χ4n) is 1.75. The third kappa shape index (κ3) is 2.83. The summed E-state index contributed by atoms with van der Waals surface area (Å²) < 4.78 is 1.41. The van der Waals surface area contributed by atoms with Crippen LogP contribution in [0.15, 0.2) is 35.0 Å². The van der Waals surface area contributed by atoms with Crippen molar-refractivity contribution >= 4 is 33.1 Å². The number of nitrogens with zero attached hydrogens (tertiary/aromatic N) is 8. The van der Waals surface area contributed by atoms with Crippen molar-refractivity contribution in [3.63, 3.8) is 0 Å². The first-order valence-corrected chi connectivity index (χ1v) is 7.15. The van der Waals surface area contributed by atoms with Crippen LogP contribution in [0.5, 0.6) is 0 Å². The number of hydrogen-bond donors (Lipinski definition) is 2. The van der Waals surface area contributed by atoms with Crippen LogP contribution in [0, 0.1) is 11.3 Å². The topological polar surface area (TPSA) is 143 Å². The van der Waals surface area contributed by atoms with Gasteiger partial charge >= 0.3 is 0 Å². The van der Waals surface area contributed by atoms with Crippen molar-refractivity contribution in [3.8, 4) is 11.9 Å². The maximum Gasteiger partial charge on any atom is 0.197 e. The zero-order valence-electron chi connectivity index (χ0n) is 11.9. The van der Waals surface area contributed by atoms with Crippen molar-refractivity contribution in [2.45, 2.75) is 0 Å². The Morgan fingerprint density at radius 2 is 2.30 bits per heavy atom. The largest absolute Gasteiger partial charge is 0.375 e. The molecule has 0 radical (unpaired) electrons. The third-order valence-electron chi connectivity index (χ3n) is 2.75. The van der Waals surface area contributed by atoms with Crippen molar-refractivity contribution in [1.82, 2.24) is 24.7 Å². The molecule has 10 nitrogen and oxygen atoms in total. The number of nitrogens with two attached hydrogens (primary N) is 1. The van der Waals surface area contributed by atoms with Crippen LogP contribution in [0.3, 0.4) is 0 Å². The predicted octanol–water partition coefficient (Wildman–Crippen LogP) is 2.03. The highest BCUT2D eigenvalue weighted by atomic mass is 32.1. The van der Waals surface area contributed by atoms with Gasteiger partial charge in [-0.3, -0.25) is 0 Å². The van der Waals surface area contributed by atoms with Crippen LogP contribution in [0.2, 0.25) is 0 Å². The molecule has 0 aromatic carbocycles. The predicted molar refractivity (Wildman–Crippen MR) is 84.1 cm³/mol. The maximum atomic E-state index is 9.20. The molecule has 0 saturated heterocycles. The monoisotopic (exact) mass is 326 g/mol. The molecule has 0 aliphatic heterocycles. The summed E-state index contributed by atoms with van der Waals surface area (Å²) in [7, 11) is 1.71. The molecule has 3 heterocycles. The molecule has 0 atom stereocenters. The van der Waals surface area contributed by atoms with Gasteiger partial charge in [0.05, 0.1) is 6.20 Å². The Morgan fingerprint density at radius 1 is 1.43 bits per heavy atom. The van der Waals surface area contributed by atoms with Crippen molar-refractivity contribution < 1.29 is 0 Å². The minimum absolute atomic E-state index is 0.264. The van der Waals surface area contributed by atoms with Gasteiger partial charge in [0.2, 0.25) is 0 Å². The van der Waals surface area contributed by atoms with E-state index < -0.39 is 0 Å². The van der Waals surface area contributed by atoms with Crippen LogP contribution in [0.1, 0.15) is 5.56 Å². The molecule has 3 N–H and O–H groups in total. The van der Waals surface area contributed by atoms with Crippen LogP contribution in [-0.4, -0.2) is 31.8 Å². The molecule has 0 fully saturated rings. The summed E-state index contributed by atoms with van der Waals surface area (Å²) in [5, 5.41) is 25.3. The molecule has 3 rings (SSSR count). The van der Waals surface area contributed by atoms with E-state index in [-0.39, 0.29) is 11.4 Å². The van der Waals surface area contributed by atoms with E-state index in [1.165, 1.54) is 28.5 Å². The molecule has 0 aliphatic carbocycles. The number of anilines is 2. The van der Waals surface area contributed by atoms with Crippen molar-refractivity contribution in [1.29, 1.82) is 5.26 Å². The van der Waals surface area contributed by atoms with Crippen LogP contribution in [0.4, 0.5) is 21.8 Å². The second-order valence-corrected chi connectivity index (χ2v) is 5.14. The highest BCUT2D eigenvalue weighted by Crippen LogP contribution is 2.35. The molecule has 23 heavy (non-hydrogen) atoms. The van der Waals surface area contributed by atoms with Gasteiger partial charge in [0.1, 0.15) is 18.0 Å². The Labute approximate surface area is 134 Å². The lowest BCUT2D eigenvalue weighted by Crippen LogP contribution is -1.98. The van der Waals surface area contributed by atoms with Crippen LogP contribution < -0.4 is 11.1 Å². The number of nitrogens with one attached hydrogen (secondary N) is 1. The second kappa shape index (κ2) is 6.16. The third-order valence-corrected chi connectivity index (χ3v) is 3.51. The molecule has 3 aromatic heterocycles. The van der Waals surface area contributed by atoms with E-state index in [0.29, 0.717) is 21.8 Å². The first-order valence-electron chi connectivity index (χ1n) is 6.33. The van der Waals surface area contributed by atoms with Gasteiger partial charge in [0.15, 0.2) is 27.6 Å². The summed E-state index contributed by atoms with van der Waals surface area (Å²) >= 11 is 1.18. The lowest BCUT2D eigenvalue weighted by atomic mass is 10.4. The number of azo groups is 1. The molecule has 0 spiro atoms. The average molecular weight is 326 g/mol. The summed E-state index contributed by atoms with van der Waals surface area (Å²) in [6, 6.07) is 3.67. The van der Waals surface area contributed by atoms with Crippen molar-refractivity contribution in [2.24, 2.45) is 10.2 Å². The first-order chi connectivity index (χ1) is 11.2. The Morgan fingerprint density at radius 3 is 3.00 bits per heavy atom. The Hall–Kier alpha value is -3.39. The molecule has 0 amide bonds. The van der Waals surface area contributed by atoms with E-state index in [2.05, 4.69) is 35.6 Å². The molecular formula is C12H10N10S. The van der Waals surface area contributed by atoms with Crippen molar-refractivity contribution in [2.75, 3.05) is 18.1 Å². The highest BCUT2D eigenvalue weighted by molar-refractivity contribution is 7.19. The quantitative estimate of drug-likeness (QED) is 0.698. The van der Waals surface area contributed by atoms with Crippen LogP contribution in [-0.2, 0) is 0 Å². The molecule has 0 bridgehead atoms. The number of nitriles is 1. The number of hydrogen-bond acceptors (Lipinski definition) is 10. The number of nitrogen functional groups attached to an aromatic ring is 1. The van der Waals surface area contributed by atoms with Gasteiger partial charge in [-0.25, -0.2) is 15.0 Å². The van der Waals surface area contributed by atoms with E-state index in [1.54, 1.807) is 19.3 Å². The lowest BCUT2D eigenvalue weighted by molar-refractivity contribution is 0.833. The summed E-state index contributed by atoms with van der Waals surface area (Å²) in [5.41, 5.74) is 5.93. The van der Waals surface area contributed by atoms with Gasteiger partial charge in [-0.15, -0.1) is 10.2 Å². The van der Waals surface area contributed by atoms with Gasteiger partial charge in [-0.2, -0.15) is 15.0 Å². The van der Waals surface area contributed by atoms with Gasteiger partial charge in [0.25, 0.3) is 0 Å². The Balaban J connectivity index is 2.04. The van der Waals surface area contributed by atoms with Gasteiger partial charge in [-0.05, 0) is 0 Å². The molecule has 0 saturated carbocycles. The average Bonchev–Trinajstić information content (AvgIpc) is 3.16. The number of rotatable bonds is 4. The van der Waals surface area contributed by atoms with Gasteiger partial charge in [0, 0.05) is 19.3 Å². The van der Waals surface area contributed by atoms with Crippen molar-refractivity contribution in [3.05, 3.63) is 30.4 Å². The molecule has 0 aliphatic rings. The standard InChI is InChI=1S/C12H10N10S/c1-15-9-11(23-12(14)19-9)21-20-10-7(4-13)5-18-22(10)8-2-3-16-6-17-8/h2-3,5-6,15H,1H3,(H2,14,19). The minimum atomic E-state index is 0.264. The molecular weight excluding hydrogens is 316 g/mol. The SMILES string of the molecule is CNc1nc(N)sc1N=Nc1c(C#N)cnn1-c1ccncn1. The Kier molecular flexibility index (Phi) is 3.89. The van der Waals surface area contributed by atoms with E-state index in [4.69, 9.17) is 5.73 Å². The van der Waals surface area contributed by atoms with E-state index >= 15 is 0 Å². The number of aromatic nitrogens is 5. The number of thiazole rings is 1. The van der Waals surface area contributed by atoms with E-state index in [1.807, 2.05) is 6.07 Å². The normalized spacial score (nSPS) is 10.8. The highest BCUT2D eigenvalue weighted by Gasteiger charge is 2.14. The fourth-order valence-corrected chi connectivity index (χ4v) is 2.41. The summed E-state index contributed by atoms with van der Waals surface area (Å²) in [6.07, 6.45) is 4.35. The summed E-state index contributed by atoms with van der Waals surface area (Å²) in [5.74, 6) is 1.26. The molecule has 11 heteroatoms. The smallest absolute Gasteiger partial charge is 0.197 e. The zero-order valence-corrected chi connectivity index (χ0v) is 12.7. The van der Waals surface area contributed by atoms with Crippen LogP contribution >= 0.6 is 11.3 Å². The first kappa shape index (κ1) is 14.5. The summed E-state index contributed by atoms with van der Waals surface area (Å²) in [6.45, 7) is 0. The van der Waals surface area contributed by atoms with Gasteiger partial charge < -0.3 is 11.1 Å².